The van der Waals surface area contributed by atoms with E-state index in [-0.39, 0.29) is 0 Å². The molecule has 0 aliphatic carbocycles. The number of fused-ring (bicyclic) bond motifs is 1. The molecule has 0 spiro atoms. The lowest BCUT2D eigenvalue weighted by molar-refractivity contribution is -0.107. The second-order valence-corrected chi connectivity index (χ2v) is 3.67. The van der Waals surface area contributed by atoms with Crippen LogP contribution >= 0.6 is 11.6 Å². The molecule has 1 heterocycles. The Morgan fingerprint density at radius 2 is 2.00 bits per heavy atom. The molecule has 0 fully saturated rings. The molecule has 0 unspecified atom stereocenters. The fourth-order valence-electron chi connectivity index (χ4n) is 1.57. The zero-order chi connectivity index (χ0) is 10.7. The van der Waals surface area contributed by atoms with E-state index in [2.05, 4.69) is 0 Å². The van der Waals surface area contributed by atoms with Crippen LogP contribution in [0, 0.1) is 0 Å². The number of ether oxygens (including phenoxy) is 2. The molecule has 0 N–H and O–H groups in total. The highest BCUT2D eigenvalue weighted by molar-refractivity contribution is 6.32. The van der Waals surface area contributed by atoms with Crippen molar-refractivity contribution in [3.8, 4) is 11.5 Å². The monoisotopic (exact) mass is 226 g/mol. The van der Waals surface area contributed by atoms with Crippen molar-refractivity contribution in [3.63, 3.8) is 0 Å². The zero-order valence-corrected chi connectivity index (χ0v) is 8.92. The highest BCUT2D eigenvalue weighted by Gasteiger charge is 2.18. The van der Waals surface area contributed by atoms with Crippen molar-refractivity contribution < 1.29 is 14.3 Å². The number of hydrogen-bond donors (Lipinski definition) is 0. The van der Waals surface area contributed by atoms with Gasteiger partial charge in [0, 0.05) is 6.42 Å². The predicted molar refractivity (Wildman–Crippen MR) is 56.8 cm³/mol. The van der Waals surface area contributed by atoms with Gasteiger partial charge < -0.3 is 14.3 Å². The summed E-state index contributed by atoms with van der Waals surface area (Å²) in [6.45, 7) is 1.05. The molecular formula is C11H11ClO3. The molecule has 1 aromatic rings. The first-order valence-electron chi connectivity index (χ1n) is 4.83. The topological polar surface area (TPSA) is 35.5 Å². The number of carbonyl (C=O) groups excluding carboxylic acids is 1. The van der Waals surface area contributed by atoms with Gasteiger partial charge in [0.05, 0.1) is 5.02 Å². The van der Waals surface area contributed by atoms with Gasteiger partial charge in [0.15, 0.2) is 11.5 Å². The van der Waals surface area contributed by atoms with Gasteiger partial charge in [-0.25, -0.2) is 0 Å². The summed E-state index contributed by atoms with van der Waals surface area (Å²) < 4.78 is 10.9. The van der Waals surface area contributed by atoms with Gasteiger partial charge in [-0.2, -0.15) is 0 Å². The van der Waals surface area contributed by atoms with Gasteiger partial charge in [-0.15, -0.1) is 0 Å². The predicted octanol–water partition coefficient (Wildman–Crippen LogP) is 2.24. The number of halogens is 1. The van der Waals surface area contributed by atoms with E-state index in [1.165, 1.54) is 0 Å². The zero-order valence-electron chi connectivity index (χ0n) is 8.16. The molecule has 0 atom stereocenters. The Hall–Kier alpha value is -1.22. The fraction of sp³-hybridized carbons (Fsp3) is 0.364. The molecule has 1 aromatic carbocycles. The molecule has 1 aliphatic rings. The standard InChI is InChI=1S/C11H11ClO3/c12-9-4-3-8(2-1-5-13)10-11(9)15-7-6-14-10/h3-5H,1-2,6-7H2. The van der Waals surface area contributed by atoms with Crippen molar-refractivity contribution in [1.82, 2.24) is 0 Å². The minimum atomic E-state index is 0.484. The number of carbonyl (C=O) groups is 1. The number of rotatable bonds is 3. The average Bonchev–Trinajstić information content (AvgIpc) is 2.29. The van der Waals surface area contributed by atoms with Crippen LogP contribution in [0.2, 0.25) is 5.02 Å². The summed E-state index contributed by atoms with van der Waals surface area (Å²) >= 11 is 5.97. The summed E-state index contributed by atoms with van der Waals surface area (Å²) in [7, 11) is 0. The summed E-state index contributed by atoms with van der Waals surface area (Å²) in [5, 5.41) is 0.555. The van der Waals surface area contributed by atoms with E-state index in [4.69, 9.17) is 21.1 Å². The van der Waals surface area contributed by atoms with Crippen molar-refractivity contribution in [3.05, 3.63) is 22.7 Å². The van der Waals surface area contributed by atoms with Crippen LogP contribution in [0.5, 0.6) is 11.5 Å². The maximum absolute atomic E-state index is 10.3. The summed E-state index contributed by atoms with van der Waals surface area (Å²) in [4.78, 5) is 10.3. The number of hydrogen-bond acceptors (Lipinski definition) is 3. The van der Waals surface area contributed by atoms with Gasteiger partial charge in [-0.3, -0.25) is 0 Å². The Labute approximate surface area is 92.9 Å². The molecule has 0 saturated heterocycles. The SMILES string of the molecule is O=CCCc1ccc(Cl)c2c1OCCO2. The molecule has 1 aliphatic heterocycles. The molecule has 0 radical (unpaired) electrons. The van der Waals surface area contributed by atoms with Crippen LogP contribution in [-0.2, 0) is 11.2 Å². The lowest BCUT2D eigenvalue weighted by atomic mass is 10.1. The smallest absolute Gasteiger partial charge is 0.180 e. The lowest BCUT2D eigenvalue weighted by Crippen LogP contribution is -2.17. The maximum atomic E-state index is 10.3. The Bertz CT molecular complexity index is 376. The molecule has 0 aromatic heterocycles. The van der Waals surface area contributed by atoms with Crippen molar-refractivity contribution in [2.45, 2.75) is 12.8 Å². The lowest BCUT2D eigenvalue weighted by Gasteiger charge is -2.21. The van der Waals surface area contributed by atoms with Gasteiger partial charge >= 0.3 is 0 Å². The Balaban J connectivity index is 2.34. The van der Waals surface area contributed by atoms with Crippen molar-refractivity contribution >= 4 is 17.9 Å². The molecule has 80 valence electrons. The fourth-order valence-corrected chi connectivity index (χ4v) is 1.77. The van der Waals surface area contributed by atoms with Gasteiger partial charge in [0.1, 0.15) is 19.5 Å². The molecule has 4 heteroatoms. The van der Waals surface area contributed by atoms with Gasteiger partial charge in [-0.1, -0.05) is 17.7 Å². The molecule has 0 bridgehead atoms. The molecule has 0 amide bonds. The largest absolute Gasteiger partial charge is 0.486 e. The third kappa shape index (κ3) is 2.07. The van der Waals surface area contributed by atoms with Crippen LogP contribution in [-0.4, -0.2) is 19.5 Å². The van der Waals surface area contributed by atoms with E-state index in [1.54, 1.807) is 6.07 Å². The quantitative estimate of drug-likeness (QED) is 0.742. The number of aldehydes is 1. The average molecular weight is 227 g/mol. The highest BCUT2D eigenvalue weighted by Crippen LogP contribution is 2.40. The van der Waals surface area contributed by atoms with E-state index in [1.807, 2.05) is 6.07 Å². The third-order valence-electron chi connectivity index (χ3n) is 2.25. The first kappa shape index (κ1) is 10.3. The first-order valence-corrected chi connectivity index (χ1v) is 5.21. The molecule has 15 heavy (non-hydrogen) atoms. The maximum Gasteiger partial charge on any atom is 0.180 e. The summed E-state index contributed by atoms with van der Waals surface area (Å²) in [6.07, 6.45) is 2.04. The molecular weight excluding hydrogens is 216 g/mol. The van der Waals surface area contributed by atoms with Gasteiger partial charge in [0.25, 0.3) is 0 Å². The number of aryl methyl sites for hydroxylation is 1. The molecule has 2 rings (SSSR count). The van der Waals surface area contributed by atoms with Gasteiger partial charge in [0.2, 0.25) is 0 Å². The Morgan fingerprint density at radius 1 is 1.27 bits per heavy atom. The van der Waals surface area contributed by atoms with E-state index >= 15 is 0 Å². The van der Waals surface area contributed by atoms with E-state index in [0.717, 1.165) is 11.8 Å². The van der Waals surface area contributed by atoms with Crippen LogP contribution in [0.3, 0.4) is 0 Å². The van der Waals surface area contributed by atoms with Crippen molar-refractivity contribution in [1.29, 1.82) is 0 Å². The van der Waals surface area contributed by atoms with E-state index in [9.17, 15) is 4.79 Å². The van der Waals surface area contributed by atoms with Crippen molar-refractivity contribution in [2.75, 3.05) is 13.2 Å². The van der Waals surface area contributed by atoms with E-state index < -0.39 is 0 Å². The second-order valence-electron chi connectivity index (χ2n) is 3.27. The first-order chi connectivity index (χ1) is 7.33. The summed E-state index contributed by atoms with van der Waals surface area (Å²) in [6, 6.07) is 3.65. The van der Waals surface area contributed by atoms with Crippen LogP contribution in [0.15, 0.2) is 12.1 Å². The van der Waals surface area contributed by atoms with Crippen LogP contribution in [0.25, 0.3) is 0 Å². The summed E-state index contributed by atoms with van der Waals surface area (Å²) in [5.74, 6) is 1.29. The molecule has 3 nitrogen and oxygen atoms in total. The Morgan fingerprint density at radius 3 is 2.73 bits per heavy atom. The van der Waals surface area contributed by atoms with E-state index in [0.29, 0.717) is 42.6 Å². The second kappa shape index (κ2) is 4.53. The highest BCUT2D eigenvalue weighted by atomic mass is 35.5. The normalized spacial score (nSPS) is 13.7. The van der Waals surface area contributed by atoms with Crippen molar-refractivity contribution in [2.24, 2.45) is 0 Å². The minimum Gasteiger partial charge on any atom is -0.486 e. The van der Waals surface area contributed by atoms with Crippen LogP contribution in [0.4, 0.5) is 0 Å². The third-order valence-corrected chi connectivity index (χ3v) is 2.55. The van der Waals surface area contributed by atoms with Crippen LogP contribution < -0.4 is 9.47 Å². The minimum absolute atomic E-state index is 0.484. The number of benzene rings is 1. The van der Waals surface area contributed by atoms with Crippen LogP contribution in [0.1, 0.15) is 12.0 Å². The Kier molecular flexibility index (Phi) is 3.11. The summed E-state index contributed by atoms with van der Waals surface area (Å²) in [5.41, 5.74) is 0.973. The molecule has 0 saturated carbocycles. The van der Waals surface area contributed by atoms with Gasteiger partial charge in [-0.05, 0) is 18.1 Å².